The smallest absolute Gasteiger partial charge is 0.159 e. The molecule has 50 valence electrons. The molecular formula is C7H11NO. The summed E-state index contributed by atoms with van der Waals surface area (Å²) in [6, 6.07) is -0.727. The summed E-state index contributed by atoms with van der Waals surface area (Å²) >= 11 is 0. The zero-order valence-electron chi connectivity index (χ0n) is 11.9. The van der Waals surface area contributed by atoms with Crippen molar-refractivity contribution in [1.29, 1.82) is 0 Å². The minimum absolute atomic E-state index is 0.130. The van der Waals surface area contributed by atoms with Gasteiger partial charge in [0.15, 0.2) is 1.41 Å². The van der Waals surface area contributed by atoms with E-state index >= 15 is 0 Å². The van der Waals surface area contributed by atoms with Crippen molar-refractivity contribution in [2.75, 3.05) is 6.50 Å². The van der Waals surface area contributed by atoms with E-state index in [-0.39, 0.29) is 5.31 Å². The van der Waals surface area contributed by atoms with Crippen LogP contribution in [0.1, 0.15) is 21.5 Å². The van der Waals surface area contributed by atoms with Crippen molar-refractivity contribution in [2.45, 2.75) is 13.3 Å². The Morgan fingerprint density at radius 2 is 3.11 bits per heavy atom. The fourth-order valence-corrected chi connectivity index (χ4v) is 0.443. The third kappa shape index (κ3) is 1.56. The van der Waals surface area contributed by atoms with Crippen LogP contribution in [0.3, 0.4) is 0 Å². The van der Waals surface area contributed by atoms with Gasteiger partial charge in [-0.3, -0.25) is 4.79 Å². The van der Waals surface area contributed by atoms with E-state index < -0.39 is 30.6 Å². The van der Waals surface area contributed by atoms with Crippen molar-refractivity contribution in [3.63, 3.8) is 0 Å². The highest BCUT2D eigenvalue weighted by Gasteiger charge is 2.11. The first kappa shape index (κ1) is 1.84. The van der Waals surface area contributed by atoms with Gasteiger partial charge in [0, 0.05) is 19.2 Å². The zero-order chi connectivity index (χ0) is 12.9. The van der Waals surface area contributed by atoms with Gasteiger partial charge in [-0.2, -0.15) is 0 Å². The third-order valence-corrected chi connectivity index (χ3v) is 0.871. The molecule has 1 N–H and O–H groups in total. The molecule has 1 atom stereocenters. The number of allylic oxidation sites excluding steroid dienone is 1. The van der Waals surface area contributed by atoms with Gasteiger partial charge in [0.05, 0.1) is 1.37 Å². The fourth-order valence-electron chi connectivity index (χ4n) is 0.443. The zero-order valence-corrected chi connectivity index (χ0v) is 4.93. The van der Waals surface area contributed by atoms with Crippen LogP contribution in [0.25, 0.3) is 0 Å². The van der Waals surface area contributed by atoms with Crippen LogP contribution in [-0.4, -0.2) is 12.3 Å². The molecule has 0 amide bonds. The number of Topliss-reactive ketones (excluding diaryl/α,β-unsaturated/α-hetero) is 1. The summed E-state index contributed by atoms with van der Waals surface area (Å²) in [6.45, 7) is -1.91. The van der Waals surface area contributed by atoms with Crippen LogP contribution >= 0.6 is 0 Å². The molecule has 0 saturated carbocycles. The maximum atomic E-state index is 11.3. The lowest BCUT2D eigenvalue weighted by atomic mass is 10.00. The molecule has 1 aliphatic rings. The average Bonchev–Trinajstić information content (AvgIpc) is 2.13. The van der Waals surface area contributed by atoms with Crippen LogP contribution < -0.4 is 5.31 Å². The molecule has 2 heteroatoms. The van der Waals surface area contributed by atoms with Crippen LogP contribution in [0.2, 0.25) is 1.41 Å². The molecule has 1 unspecified atom stereocenters. The van der Waals surface area contributed by atoms with E-state index in [0.29, 0.717) is 6.20 Å². The molecule has 0 aromatic rings. The molecule has 0 saturated heterocycles. The van der Waals surface area contributed by atoms with E-state index in [0.717, 1.165) is 6.92 Å². The quantitative estimate of drug-likeness (QED) is 0.569. The molecule has 1 heterocycles. The maximum Gasteiger partial charge on any atom is 0.159 e. The minimum atomic E-state index is -2.97. The summed E-state index contributed by atoms with van der Waals surface area (Å²) in [5, 5.41) is 0.130. The normalized spacial score (nSPS) is 58.1. The summed E-state index contributed by atoms with van der Waals surface area (Å²) < 4.78 is 52.2. The maximum absolute atomic E-state index is 11.3. The molecule has 0 aliphatic carbocycles. The molecule has 0 aromatic carbocycles. The van der Waals surface area contributed by atoms with Crippen LogP contribution in [0.4, 0.5) is 0 Å². The lowest BCUT2D eigenvalue weighted by Crippen LogP contribution is -2.21. The van der Waals surface area contributed by atoms with Crippen LogP contribution in [0.15, 0.2) is 12.3 Å². The van der Waals surface area contributed by atoms with Gasteiger partial charge in [-0.15, -0.1) is 0 Å². The number of rotatable bonds is 1. The van der Waals surface area contributed by atoms with E-state index in [4.69, 9.17) is 9.64 Å². The molecule has 9 heavy (non-hydrogen) atoms. The molecular weight excluding hydrogens is 114 g/mol. The summed E-state index contributed by atoms with van der Waals surface area (Å²) in [6.07, 6.45) is -2.32. The second-order valence-electron chi connectivity index (χ2n) is 1.57. The minimum Gasteiger partial charge on any atom is -0.391 e. The Labute approximate surface area is 64.8 Å². The van der Waals surface area contributed by atoms with Gasteiger partial charge in [-0.1, -0.05) is 6.05 Å². The summed E-state index contributed by atoms with van der Waals surface area (Å²) in [5.41, 5.74) is 0. The van der Waals surface area contributed by atoms with E-state index in [9.17, 15) is 4.79 Å². The molecule has 2 nitrogen and oxygen atoms in total. The van der Waals surface area contributed by atoms with Gasteiger partial charge in [-0.05, 0) is 19.5 Å². The molecule has 0 bridgehead atoms. The SMILES string of the molecule is [2H]C1=CN([2H])C([2H])([2H])C([2H])([2H])C1([2H])C(C)=O. The first-order valence-corrected chi connectivity index (χ1v) is 2.47. The Morgan fingerprint density at radius 3 is 3.78 bits per heavy atom. The Balaban J connectivity index is 3.52. The molecule has 0 radical (unpaired) electrons. The predicted molar refractivity (Wildman–Crippen MR) is 35.9 cm³/mol. The van der Waals surface area contributed by atoms with Crippen LogP contribution in [0.5, 0.6) is 0 Å². The number of carbonyl (C=O) groups excluding carboxylic acids is 1. The fraction of sp³-hybridized carbons (Fsp3) is 0.571. The largest absolute Gasteiger partial charge is 0.391 e. The van der Waals surface area contributed by atoms with E-state index in [1.54, 1.807) is 0 Å². The second kappa shape index (κ2) is 2.67. The number of carbonyl (C=O) groups is 1. The monoisotopic (exact) mass is 132 g/mol. The number of hydrogen-bond donors (Lipinski definition) is 1. The summed E-state index contributed by atoms with van der Waals surface area (Å²) in [4.78, 5) is 11.3. The number of nitrogens with one attached hydrogen (secondary N) is 1. The first-order valence-electron chi connectivity index (χ1n) is 5.92. The van der Waals surface area contributed by atoms with Crippen molar-refractivity contribution in [3.05, 3.63) is 12.3 Å². The topological polar surface area (TPSA) is 29.1 Å². The lowest BCUT2D eigenvalue weighted by molar-refractivity contribution is -0.119. The molecule has 0 fully saturated rings. The average molecular weight is 132 g/mol. The van der Waals surface area contributed by atoms with E-state index in [1.165, 1.54) is 0 Å². The van der Waals surface area contributed by atoms with Crippen LogP contribution in [-0.2, 0) is 4.79 Å². The number of hydrogen-bond acceptors (Lipinski definition) is 2. The van der Waals surface area contributed by atoms with E-state index in [1.807, 2.05) is 0 Å². The molecule has 0 spiro atoms. The van der Waals surface area contributed by atoms with Gasteiger partial charge in [0.2, 0.25) is 0 Å². The summed E-state index contributed by atoms with van der Waals surface area (Å²) in [5.74, 6) is -3.58. The van der Waals surface area contributed by atoms with Crippen molar-refractivity contribution in [2.24, 2.45) is 5.89 Å². The van der Waals surface area contributed by atoms with Crippen molar-refractivity contribution in [3.8, 4) is 0 Å². The predicted octanol–water partition coefficient (Wildman–Crippen LogP) is 0.699. The third-order valence-electron chi connectivity index (χ3n) is 0.871. The lowest BCUT2D eigenvalue weighted by Gasteiger charge is -2.13. The summed E-state index contributed by atoms with van der Waals surface area (Å²) in [7, 11) is 0. The molecule has 1 rings (SSSR count). The molecule has 1 aliphatic heterocycles. The van der Waals surface area contributed by atoms with E-state index in [2.05, 4.69) is 0 Å². The van der Waals surface area contributed by atoms with Gasteiger partial charge < -0.3 is 5.31 Å². The second-order valence-corrected chi connectivity index (χ2v) is 1.57. The highest BCUT2D eigenvalue weighted by Crippen LogP contribution is 2.07. The Morgan fingerprint density at radius 1 is 2.33 bits per heavy atom. The standard InChI is InChI=1S/C7H11NO/c1-6(9)7-2-4-8-5-3-7/h2,4,7-8H,3,5H2,1H3/i2D,3D2,5D2,7D/hD. The Kier molecular flexibility index (Phi) is 0.547. The van der Waals surface area contributed by atoms with Crippen molar-refractivity contribution >= 4 is 5.78 Å². The highest BCUT2D eigenvalue weighted by atomic mass is 16.1. The first-order chi connectivity index (χ1) is 6.99. The van der Waals surface area contributed by atoms with Gasteiger partial charge in [-0.25, -0.2) is 0 Å². The highest BCUT2D eigenvalue weighted by molar-refractivity contribution is 5.80. The number of ketones is 1. The van der Waals surface area contributed by atoms with Gasteiger partial charge in [0.25, 0.3) is 0 Å². The molecule has 0 aromatic heterocycles. The Hall–Kier alpha value is -0.790. The Bertz CT molecular complexity index is 366. The van der Waals surface area contributed by atoms with Gasteiger partial charge in [0.1, 0.15) is 5.78 Å². The van der Waals surface area contributed by atoms with Gasteiger partial charge >= 0.3 is 0 Å². The van der Waals surface area contributed by atoms with Crippen molar-refractivity contribution in [1.82, 2.24) is 5.31 Å². The van der Waals surface area contributed by atoms with Crippen molar-refractivity contribution < 1.29 is 14.4 Å². The van der Waals surface area contributed by atoms with Crippen LogP contribution in [0, 0.1) is 5.89 Å².